The fraction of sp³-hybridized carbons (Fsp3) is 0.667. The number of rotatable bonds is 7. The second kappa shape index (κ2) is 8.07. The van der Waals surface area contributed by atoms with Gasteiger partial charge in [0, 0.05) is 31.0 Å². The number of nitrogens with zero attached hydrogens (tertiary/aromatic N) is 1. The van der Waals surface area contributed by atoms with Crippen molar-refractivity contribution < 1.29 is 9.53 Å². The van der Waals surface area contributed by atoms with Gasteiger partial charge in [-0.15, -0.1) is 0 Å². The van der Waals surface area contributed by atoms with Gasteiger partial charge in [0.05, 0.1) is 18.8 Å². The number of carbonyl (C=O) groups excluding carboxylic acids is 1. The standard InChI is InChI=1S/C21H33N3O2/c1-3-19(25)23-20(16-22)9-11-21(12-10-20,18-7-5-4-6-8-18)24(2)13-17-14-26-15-17/h4-8,17H,3,9-16,22H2,1-2H3,(H,23,25). The molecule has 0 bridgehead atoms. The van der Waals surface area contributed by atoms with Crippen molar-refractivity contribution >= 4 is 5.91 Å². The number of hydrogen-bond acceptors (Lipinski definition) is 4. The maximum atomic E-state index is 12.0. The summed E-state index contributed by atoms with van der Waals surface area (Å²) in [5.74, 6) is 0.726. The Morgan fingerprint density at radius 2 is 1.88 bits per heavy atom. The van der Waals surface area contributed by atoms with Crippen molar-refractivity contribution in [3.8, 4) is 0 Å². The predicted molar refractivity (Wildman–Crippen MR) is 104 cm³/mol. The number of nitrogens with two attached hydrogens (primary N) is 1. The summed E-state index contributed by atoms with van der Waals surface area (Å²) in [6.45, 7) is 5.18. The van der Waals surface area contributed by atoms with Crippen LogP contribution >= 0.6 is 0 Å². The third-order valence-electron chi connectivity index (χ3n) is 6.43. The van der Waals surface area contributed by atoms with Crippen LogP contribution in [0, 0.1) is 5.92 Å². The zero-order chi connectivity index (χ0) is 18.6. The van der Waals surface area contributed by atoms with Gasteiger partial charge in [0.25, 0.3) is 0 Å². The van der Waals surface area contributed by atoms with Crippen LogP contribution in [0.2, 0.25) is 0 Å². The summed E-state index contributed by atoms with van der Waals surface area (Å²) in [6.07, 6.45) is 4.34. The number of carbonyl (C=O) groups is 1. The van der Waals surface area contributed by atoms with Crippen molar-refractivity contribution in [1.29, 1.82) is 0 Å². The van der Waals surface area contributed by atoms with Crippen molar-refractivity contribution in [3.05, 3.63) is 35.9 Å². The van der Waals surface area contributed by atoms with E-state index in [1.54, 1.807) is 0 Å². The predicted octanol–water partition coefficient (Wildman–Crippen LogP) is 2.26. The van der Waals surface area contributed by atoms with Gasteiger partial charge in [0.1, 0.15) is 0 Å². The van der Waals surface area contributed by atoms with Gasteiger partial charge in [0.2, 0.25) is 5.91 Å². The molecule has 0 unspecified atom stereocenters. The summed E-state index contributed by atoms with van der Waals surface area (Å²) >= 11 is 0. The Kier molecular flexibility index (Phi) is 6.00. The van der Waals surface area contributed by atoms with Crippen LogP contribution in [0.5, 0.6) is 0 Å². The van der Waals surface area contributed by atoms with Gasteiger partial charge in [0.15, 0.2) is 0 Å². The Morgan fingerprint density at radius 1 is 1.23 bits per heavy atom. The van der Waals surface area contributed by atoms with Crippen molar-refractivity contribution in [2.24, 2.45) is 11.7 Å². The van der Waals surface area contributed by atoms with E-state index in [0.717, 1.165) is 45.4 Å². The molecule has 1 aliphatic carbocycles. The van der Waals surface area contributed by atoms with Crippen LogP contribution in [0.1, 0.15) is 44.6 Å². The van der Waals surface area contributed by atoms with Crippen LogP contribution < -0.4 is 11.1 Å². The third kappa shape index (κ3) is 3.80. The van der Waals surface area contributed by atoms with Gasteiger partial charge >= 0.3 is 0 Å². The minimum Gasteiger partial charge on any atom is -0.381 e. The summed E-state index contributed by atoms with van der Waals surface area (Å²) in [4.78, 5) is 14.5. The van der Waals surface area contributed by atoms with Gasteiger partial charge in [-0.2, -0.15) is 0 Å². The van der Waals surface area contributed by atoms with E-state index in [-0.39, 0.29) is 17.0 Å². The lowest BCUT2D eigenvalue weighted by Gasteiger charge is -2.52. The number of benzene rings is 1. The fourth-order valence-electron chi connectivity index (χ4n) is 4.50. The lowest BCUT2D eigenvalue weighted by atomic mass is 9.68. The van der Waals surface area contributed by atoms with Crippen molar-refractivity contribution in [1.82, 2.24) is 10.2 Å². The zero-order valence-electron chi connectivity index (χ0n) is 16.2. The second-order valence-electron chi connectivity index (χ2n) is 8.07. The fourth-order valence-corrected chi connectivity index (χ4v) is 4.50. The van der Waals surface area contributed by atoms with Gasteiger partial charge in [-0.1, -0.05) is 37.3 Å². The molecule has 144 valence electrons. The Hall–Kier alpha value is -1.43. The molecular formula is C21H33N3O2. The topological polar surface area (TPSA) is 67.6 Å². The Morgan fingerprint density at radius 3 is 2.38 bits per heavy atom. The van der Waals surface area contributed by atoms with Crippen molar-refractivity contribution in [3.63, 3.8) is 0 Å². The molecule has 3 rings (SSSR count). The summed E-state index contributed by atoms with van der Waals surface area (Å²) in [6, 6.07) is 10.8. The molecule has 3 N–H and O–H groups in total. The highest BCUT2D eigenvalue weighted by molar-refractivity contribution is 5.76. The number of amides is 1. The van der Waals surface area contributed by atoms with E-state index >= 15 is 0 Å². The van der Waals surface area contributed by atoms with E-state index in [1.807, 2.05) is 6.92 Å². The molecule has 2 fully saturated rings. The van der Waals surface area contributed by atoms with Crippen LogP contribution in [0.25, 0.3) is 0 Å². The Bertz CT molecular complexity index is 593. The first kappa shape index (κ1) is 19.3. The summed E-state index contributed by atoms with van der Waals surface area (Å²) in [7, 11) is 2.24. The normalized spacial score (nSPS) is 29.4. The highest BCUT2D eigenvalue weighted by Gasteiger charge is 2.46. The average Bonchev–Trinajstić information content (AvgIpc) is 2.65. The molecule has 0 aromatic heterocycles. The first-order chi connectivity index (χ1) is 12.5. The largest absolute Gasteiger partial charge is 0.381 e. The lowest BCUT2D eigenvalue weighted by Crippen LogP contribution is -2.60. The molecule has 1 saturated carbocycles. The van der Waals surface area contributed by atoms with Gasteiger partial charge in [-0.3, -0.25) is 9.69 Å². The van der Waals surface area contributed by atoms with E-state index in [9.17, 15) is 4.79 Å². The minimum absolute atomic E-state index is 0.00641. The molecule has 26 heavy (non-hydrogen) atoms. The maximum Gasteiger partial charge on any atom is 0.220 e. The van der Waals surface area contributed by atoms with Crippen LogP contribution in [-0.2, 0) is 15.1 Å². The van der Waals surface area contributed by atoms with Crippen LogP contribution in [-0.4, -0.2) is 49.7 Å². The van der Waals surface area contributed by atoms with E-state index in [2.05, 4.69) is 47.6 Å². The molecule has 5 heteroatoms. The molecule has 1 aliphatic heterocycles. The van der Waals surface area contributed by atoms with Gasteiger partial charge in [-0.05, 0) is 38.3 Å². The summed E-state index contributed by atoms with van der Waals surface area (Å²) in [5.41, 5.74) is 7.23. The van der Waals surface area contributed by atoms with E-state index in [4.69, 9.17) is 10.5 Å². The summed E-state index contributed by atoms with van der Waals surface area (Å²) in [5, 5.41) is 3.22. The van der Waals surface area contributed by atoms with Crippen molar-refractivity contribution in [2.75, 3.05) is 33.4 Å². The first-order valence-corrected chi connectivity index (χ1v) is 9.89. The molecular weight excluding hydrogens is 326 g/mol. The molecule has 2 aliphatic rings. The van der Waals surface area contributed by atoms with Gasteiger partial charge < -0.3 is 15.8 Å². The molecule has 0 spiro atoms. The SMILES string of the molecule is CCC(=O)NC1(CN)CCC(c2ccccc2)(N(C)CC2COC2)CC1. The smallest absolute Gasteiger partial charge is 0.220 e. The average molecular weight is 360 g/mol. The number of nitrogens with one attached hydrogen (secondary N) is 1. The van der Waals surface area contributed by atoms with Crippen LogP contribution in [0.4, 0.5) is 0 Å². The van der Waals surface area contributed by atoms with E-state index < -0.39 is 0 Å². The Labute approximate surface area is 157 Å². The molecule has 0 radical (unpaired) electrons. The zero-order valence-corrected chi connectivity index (χ0v) is 16.2. The second-order valence-corrected chi connectivity index (χ2v) is 8.07. The number of ether oxygens (including phenoxy) is 1. The molecule has 1 amide bonds. The monoisotopic (exact) mass is 359 g/mol. The van der Waals surface area contributed by atoms with Crippen LogP contribution in [0.3, 0.4) is 0 Å². The maximum absolute atomic E-state index is 12.0. The molecule has 1 heterocycles. The molecule has 5 nitrogen and oxygen atoms in total. The lowest BCUT2D eigenvalue weighted by molar-refractivity contribution is -0.123. The molecule has 1 saturated heterocycles. The first-order valence-electron chi connectivity index (χ1n) is 9.89. The van der Waals surface area contributed by atoms with Gasteiger partial charge in [-0.25, -0.2) is 0 Å². The molecule has 0 atom stereocenters. The highest BCUT2D eigenvalue weighted by Crippen LogP contribution is 2.45. The highest BCUT2D eigenvalue weighted by atomic mass is 16.5. The Balaban J connectivity index is 1.81. The summed E-state index contributed by atoms with van der Waals surface area (Å²) < 4.78 is 5.38. The van der Waals surface area contributed by atoms with Crippen molar-refractivity contribution in [2.45, 2.75) is 50.1 Å². The van der Waals surface area contributed by atoms with E-state index in [1.165, 1.54) is 5.56 Å². The third-order valence-corrected chi connectivity index (χ3v) is 6.43. The van der Waals surface area contributed by atoms with Crippen LogP contribution in [0.15, 0.2) is 30.3 Å². The number of hydrogen-bond donors (Lipinski definition) is 2. The quantitative estimate of drug-likeness (QED) is 0.784. The van der Waals surface area contributed by atoms with E-state index in [0.29, 0.717) is 18.9 Å². The molecule has 1 aromatic rings. The minimum atomic E-state index is -0.258. The molecule has 1 aromatic carbocycles.